The zero-order valence-electron chi connectivity index (χ0n) is 15.1. The number of aromatic nitrogens is 1. The van der Waals surface area contributed by atoms with E-state index in [1.54, 1.807) is 13.0 Å². The van der Waals surface area contributed by atoms with Crippen LogP contribution in [0, 0.1) is 5.82 Å². The first kappa shape index (κ1) is 21.0. The molecule has 0 saturated carbocycles. The van der Waals surface area contributed by atoms with Crippen LogP contribution in [0.1, 0.15) is 23.6 Å². The molecule has 3 rings (SSSR count). The summed E-state index contributed by atoms with van der Waals surface area (Å²) in [5, 5.41) is -0.458. The third kappa shape index (κ3) is 4.33. The number of sulfonamides is 1. The molecule has 0 fully saturated rings. The van der Waals surface area contributed by atoms with E-state index < -0.39 is 43.4 Å². The molecule has 0 atom stereocenters. The third-order valence-corrected chi connectivity index (χ3v) is 5.86. The summed E-state index contributed by atoms with van der Waals surface area (Å²) in [7, 11) is -4.24. The maximum absolute atomic E-state index is 14.1. The Morgan fingerprint density at radius 1 is 1.10 bits per heavy atom. The largest absolute Gasteiger partial charge is 0.417 e. The van der Waals surface area contributed by atoms with Gasteiger partial charge in [0.05, 0.1) is 10.5 Å². The molecule has 0 unspecified atom stereocenters. The average Bonchev–Trinajstić information content (AvgIpc) is 2.65. The van der Waals surface area contributed by atoms with Gasteiger partial charge in [-0.15, -0.1) is 0 Å². The predicted octanol–water partition coefficient (Wildman–Crippen LogP) is 3.73. The number of hydrogen-bond acceptors (Lipinski definition) is 3. The van der Waals surface area contributed by atoms with Crippen LogP contribution in [0.25, 0.3) is 10.9 Å². The lowest BCUT2D eigenvalue weighted by atomic mass is 10.1. The van der Waals surface area contributed by atoms with Crippen molar-refractivity contribution in [2.24, 2.45) is 0 Å². The Kier molecular flexibility index (Phi) is 5.50. The Labute approximate surface area is 163 Å². The number of H-pyrrole nitrogens is 1. The molecule has 5 nitrogen and oxygen atoms in total. The van der Waals surface area contributed by atoms with Crippen molar-refractivity contribution < 1.29 is 26.0 Å². The van der Waals surface area contributed by atoms with E-state index in [1.807, 2.05) is 0 Å². The van der Waals surface area contributed by atoms with Crippen LogP contribution < -0.4 is 10.3 Å². The lowest BCUT2D eigenvalue weighted by molar-refractivity contribution is -0.136. The number of alkyl halides is 3. The number of rotatable bonds is 5. The zero-order chi connectivity index (χ0) is 21.4. The summed E-state index contributed by atoms with van der Waals surface area (Å²) in [6, 6.07) is 7.73. The molecule has 29 heavy (non-hydrogen) atoms. The van der Waals surface area contributed by atoms with Crippen LogP contribution >= 0.6 is 0 Å². The molecule has 154 valence electrons. The summed E-state index contributed by atoms with van der Waals surface area (Å²) in [5.41, 5.74) is -1.56. The minimum absolute atomic E-state index is 0.147. The molecule has 0 aliphatic heterocycles. The van der Waals surface area contributed by atoms with Crippen LogP contribution in [0.3, 0.4) is 0 Å². The Hall–Kier alpha value is -2.72. The van der Waals surface area contributed by atoms with Gasteiger partial charge < -0.3 is 4.98 Å². The third-order valence-electron chi connectivity index (χ3n) is 4.47. The molecule has 0 bridgehead atoms. The van der Waals surface area contributed by atoms with E-state index in [1.165, 1.54) is 12.1 Å². The molecule has 3 aromatic rings. The number of pyridine rings is 1. The quantitative estimate of drug-likeness (QED) is 0.608. The Balaban J connectivity index is 2.02. The summed E-state index contributed by atoms with van der Waals surface area (Å²) >= 11 is 0. The fourth-order valence-electron chi connectivity index (χ4n) is 3.02. The van der Waals surface area contributed by atoms with Gasteiger partial charge in [0, 0.05) is 29.1 Å². The maximum atomic E-state index is 14.1. The minimum atomic E-state index is -4.84. The molecular weight excluding hydrogens is 412 g/mol. The van der Waals surface area contributed by atoms with Gasteiger partial charge in [0.1, 0.15) is 5.82 Å². The first-order valence-electron chi connectivity index (χ1n) is 8.53. The highest BCUT2D eigenvalue weighted by molar-refractivity contribution is 7.89. The van der Waals surface area contributed by atoms with Crippen LogP contribution in [0.2, 0.25) is 0 Å². The van der Waals surface area contributed by atoms with Crippen molar-refractivity contribution in [3.8, 4) is 0 Å². The van der Waals surface area contributed by atoms with Crippen molar-refractivity contribution in [3.63, 3.8) is 0 Å². The topological polar surface area (TPSA) is 79.0 Å². The minimum Gasteiger partial charge on any atom is -0.322 e. The number of aromatic amines is 1. The van der Waals surface area contributed by atoms with E-state index in [4.69, 9.17) is 0 Å². The maximum Gasteiger partial charge on any atom is 0.417 e. The molecule has 0 radical (unpaired) electrons. The average molecular weight is 428 g/mol. The van der Waals surface area contributed by atoms with Gasteiger partial charge in [-0.2, -0.15) is 13.2 Å². The van der Waals surface area contributed by atoms with Crippen LogP contribution in [0.4, 0.5) is 17.6 Å². The van der Waals surface area contributed by atoms with E-state index in [0.717, 1.165) is 18.2 Å². The number of nitrogens with one attached hydrogen (secondary N) is 2. The second-order valence-corrected chi connectivity index (χ2v) is 8.07. The standard InChI is InChI=1S/C19H16F4N2O3S/c1-2-11-4-3-5-16(20)14(11)10-24-29(27,28)12-6-7-17-13(8-12)15(19(21,22)23)9-18(26)25-17/h3-9,24H,2,10H2,1H3,(H,25,26). The van der Waals surface area contributed by atoms with Gasteiger partial charge in [-0.25, -0.2) is 17.5 Å². The van der Waals surface area contributed by atoms with Gasteiger partial charge in [-0.05, 0) is 36.2 Å². The summed E-state index contributed by atoms with van der Waals surface area (Å²) in [5.74, 6) is -0.581. The number of aryl methyl sites for hydroxylation is 1. The van der Waals surface area contributed by atoms with Gasteiger partial charge in [0.15, 0.2) is 0 Å². The smallest absolute Gasteiger partial charge is 0.322 e. The molecule has 10 heteroatoms. The molecule has 0 saturated heterocycles. The molecule has 1 heterocycles. The number of halogens is 4. The molecule has 0 aliphatic rings. The monoisotopic (exact) mass is 428 g/mol. The highest BCUT2D eigenvalue weighted by Crippen LogP contribution is 2.34. The molecule has 0 aliphatic carbocycles. The van der Waals surface area contributed by atoms with Crippen molar-refractivity contribution >= 4 is 20.9 Å². The zero-order valence-corrected chi connectivity index (χ0v) is 15.9. The predicted molar refractivity (Wildman–Crippen MR) is 99.4 cm³/mol. The van der Waals surface area contributed by atoms with Crippen LogP contribution in [-0.4, -0.2) is 13.4 Å². The normalized spacial score (nSPS) is 12.4. The van der Waals surface area contributed by atoms with Crippen molar-refractivity contribution in [2.45, 2.75) is 31.0 Å². The van der Waals surface area contributed by atoms with Gasteiger partial charge in [-0.1, -0.05) is 19.1 Å². The Morgan fingerprint density at radius 3 is 2.48 bits per heavy atom. The number of fused-ring (bicyclic) bond motifs is 1. The van der Waals surface area contributed by atoms with Crippen molar-refractivity contribution in [3.05, 3.63) is 75.3 Å². The first-order chi connectivity index (χ1) is 13.5. The molecule has 2 aromatic carbocycles. The molecular formula is C19H16F4N2O3S. The second-order valence-electron chi connectivity index (χ2n) is 6.31. The summed E-state index contributed by atoms with van der Waals surface area (Å²) in [6.07, 6.45) is -4.36. The van der Waals surface area contributed by atoms with E-state index >= 15 is 0 Å². The lowest BCUT2D eigenvalue weighted by Gasteiger charge is -2.13. The van der Waals surface area contributed by atoms with Crippen molar-refractivity contribution in [2.75, 3.05) is 0 Å². The molecule has 0 amide bonds. The van der Waals surface area contributed by atoms with E-state index in [-0.39, 0.29) is 17.6 Å². The Morgan fingerprint density at radius 2 is 1.83 bits per heavy atom. The second kappa shape index (κ2) is 7.60. The van der Waals surface area contributed by atoms with Gasteiger partial charge in [-0.3, -0.25) is 4.79 Å². The van der Waals surface area contributed by atoms with Crippen molar-refractivity contribution in [1.29, 1.82) is 0 Å². The van der Waals surface area contributed by atoms with Crippen molar-refractivity contribution in [1.82, 2.24) is 9.71 Å². The summed E-state index contributed by atoms with van der Waals surface area (Å²) in [4.78, 5) is 13.3. The van der Waals surface area contributed by atoms with Gasteiger partial charge in [0.2, 0.25) is 15.6 Å². The van der Waals surface area contributed by atoms with E-state index in [2.05, 4.69) is 9.71 Å². The fraction of sp³-hybridized carbons (Fsp3) is 0.211. The van der Waals surface area contributed by atoms with Gasteiger partial charge in [0.25, 0.3) is 0 Å². The Bertz CT molecular complexity index is 1230. The van der Waals surface area contributed by atoms with Crippen LogP contribution in [-0.2, 0) is 29.2 Å². The molecule has 0 spiro atoms. The van der Waals surface area contributed by atoms with Crippen LogP contribution in [0.5, 0.6) is 0 Å². The van der Waals surface area contributed by atoms with Crippen LogP contribution in [0.15, 0.2) is 52.2 Å². The molecule has 1 aromatic heterocycles. The first-order valence-corrected chi connectivity index (χ1v) is 10.0. The van der Waals surface area contributed by atoms with E-state index in [0.29, 0.717) is 18.1 Å². The molecule has 2 N–H and O–H groups in total. The summed E-state index contributed by atoms with van der Waals surface area (Å²) in [6.45, 7) is 1.43. The number of benzene rings is 2. The van der Waals surface area contributed by atoms with E-state index in [9.17, 15) is 30.8 Å². The fourth-order valence-corrected chi connectivity index (χ4v) is 4.04. The highest BCUT2D eigenvalue weighted by Gasteiger charge is 2.33. The lowest BCUT2D eigenvalue weighted by Crippen LogP contribution is -2.24. The number of hydrogen-bond donors (Lipinski definition) is 2. The van der Waals surface area contributed by atoms with Gasteiger partial charge >= 0.3 is 6.18 Å². The summed E-state index contributed by atoms with van der Waals surface area (Å²) < 4.78 is 81.3. The highest BCUT2D eigenvalue weighted by atomic mass is 32.2. The SMILES string of the molecule is CCc1cccc(F)c1CNS(=O)(=O)c1ccc2[nH]c(=O)cc(C(F)(F)F)c2c1.